The number of hydrogen-bond acceptors (Lipinski definition) is 3. The van der Waals surface area contributed by atoms with Crippen LogP contribution in [0.2, 0.25) is 0 Å². The maximum absolute atomic E-state index is 11.5. The van der Waals surface area contributed by atoms with Crippen molar-refractivity contribution in [3.63, 3.8) is 0 Å². The van der Waals surface area contributed by atoms with Gasteiger partial charge in [0.05, 0.1) is 6.54 Å². The molecule has 0 atom stereocenters. The van der Waals surface area contributed by atoms with Gasteiger partial charge in [0.25, 0.3) is 5.91 Å². The lowest BCUT2D eigenvalue weighted by Gasteiger charge is -2.09. The lowest BCUT2D eigenvalue weighted by Crippen LogP contribution is -2.35. The Morgan fingerprint density at radius 1 is 1.14 bits per heavy atom. The molecule has 1 rings (SSSR count). The molecule has 0 radical (unpaired) electrons. The SMILES string of the molecule is CNC(=O)c1ccc(/C=C/C(=O)NCC(=O)N(C)C)cc1. The van der Waals surface area contributed by atoms with Gasteiger partial charge in [0.15, 0.2) is 0 Å². The number of hydrogen-bond donors (Lipinski definition) is 2. The lowest BCUT2D eigenvalue weighted by atomic mass is 10.1. The second kappa shape index (κ2) is 7.84. The highest BCUT2D eigenvalue weighted by Crippen LogP contribution is 2.06. The number of amides is 3. The van der Waals surface area contributed by atoms with Crippen molar-refractivity contribution in [3.05, 3.63) is 41.5 Å². The van der Waals surface area contributed by atoms with Crippen molar-refractivity contribution in [1.82, 2.24) is 15.5 Å². The van der Waals surface area contributed by atoms with Crippen LogP contribution in [0, 0.1) is 0 Å². The summed E-state index contributed by atoms with van der Waals surface area (Å²) in [5.41, 5.74) is 1.34. The number of rotatable bonds is 5. The quantitative estimate of drug-likeness (QED) is 0.763. The van der Waals surface area contributed by atoms with Crippen molar-refractivity contribution in [2.24, 2.45) is 0 Å². The van der Waals surface area contributed by atoms with Crippen molar-refractivity contribution in [1.29, 1.82) is 0 Å². The normalized spacial score (nSPS) is 10.2. The monoisotopic (exact) mass is 289 g/mol. The van der Waals surface area contributed by atoms with Gasteiger partial charge in [0.1, 0.15) is 0 Å². The summed E-state index contributed by atoms with van der Waals surface area (Å²) in [7, 11) is 4.81. The Labute approximate surface area is 123 Å². The summed E-state index contributed by atoms with van der Waals surface area (Å²) in [4.78, 5) is 35.6. The van der Waals surface area contributed by atoms with Gasteiger partial charge in [0, 0.05) is 32.8 Å². The minimum Gasteiger partial charge on any atom is -0.355 e. The maximum atomic E-state index is 11.5. The largest absolute Gasteiger partial charge is 0.355 e. The summed E-state index contributed by atoms with van der Waals surface area (Å²) in [5, 5.41) is 5.02. The topological polar surface area (TPSA) is 78.5 Å². The first-order valence-corrected chi connectivity index (χ1v) is 6.42. The van der Waals surface area contributed by atoms with Gasteiger partial charge < -0.3 is 15.5 Å². The van der Waals surface area contributed by atoms with Gasteiger partial charge in [-0.1, -0.05) is 12.1 Å². The Kier molecular flexibility index (Phi) is 6.13. The molecule has 1 aromatic rings. The number of likely N-dealkylation sites (N-methyl/N-ethyl adjacent to an activating group) is 1. The average Bonchev–Trinajstić information content (AvgIpc) is 2.50. The summed E-state index contributed by atoms with van der Waals surface area (Å²) in [6.07, 6.45) is 2.96. The van der Waals surface area contributed by atoms with E-state index >= 15 is 0 Å². The molecule has 0 aliphatic carbocycles. The fraction of sp³-hybridized carbons (Fsp3) is 0.267. The fourth-order valence-electron chi connectivity index (χ4n) is 1.44. The Hall–Kier alpha value is -2.63. The van der Waals surface area contributed by atoms with Crippen LogP contribution in [0.1, 0.15) is 15.9 Å². The fourth-order valence-corrected chi connectivity index (χ4v) is 1.44. The maximum Gasteiger partial charge on any atom is 0.251 e. The second-order valence-corrected chi connectivity index (χ2v) is 4.54. The molecular formula is C15H19N3O3. The molecule has 6 heteroatoms. The smallest absolute Gasteiger partial charge is 0.251 e. The third-order valence-corrected chi connectivity index (χ3v) is 2.74. The number of carbonyl (C=O) groups excluding carboxylic acids is 3. The first kappa shape index (κ1) is 16.4. The molecule has 0 spiro atoms. The number of carbonyl (C=O) groups is 3. The number of nitrogens with one attached hydrogen (secondary N) is 2. The van der Waals surface area contributed by atoms with Crippen molar-refractivity contribution < 1.29 is 14.4 Å². The molecule has 6 nitrogen and oxygen atoms in total. The molecular weight excluding hydrogens is 270 g/mol. The number of benzene rings is 1. The molecule has 0 saturated carbocycles. The van der Waals surface area contributed by atoms with Crippen LogP contribution >= 0.6 is 0 Å². The van der Waals surface area contributed by atoms with Gasteiger partial charge in [-0.3, -0.25) is 14.4 Å². The van der Waals surface area contributed by atoms with Crippen LogP contribution in [0.4, 0.5) is 0 Å². The molecule has 0 aromatic heterocycles. The highest BCUT2D eigenvalue weighted by Gasteiger charge is 2.05. The first-order chi connectivity index (χ1) is 9.93. The summed E-state index contributed by atoms with van der Waals surface area (Å²) in [5.74, 6) is -0.683. The predicted octanol–water partition coefficient (Wildman–Crippen LogP) is 0.264. The van der Waals surface area contributed by atoms with E-state index in [2.05, 4.69) is 10.6 Å². The molecule has 21 heavy (non-hydrogen) atoms. The van der Waals surface area contributed by atoms with Crippen molar-refractivity contribution in [3.8, 4) is 0 Å². The van der Waals surface area contributed by atoms with Crippen LogP contribution in [0.25, 0.3) is 6.08 Å². The van der Waals surface area contributed by atoms with Crippen molar-refractivity contribution >= 4 is 23.8 Å². The van der Waals surface area contributed by atoms with E-state index in [1.54, 1.807) is 51.5 Å². The van der Waals surface area contributed by atoms with Crippen LogP contribution in [-0.4, -0.2) is 50.3 Å². The van der Waals surface area contributed by atoms with Gasteiger partial charge in [0.2, 0.25) is 11.8 Å². The highest BCUT2D eigenvalue weighted by atomic mass is 16.2. The van der Waals surface area contributed by atoms with Crippen LogP contribution in [0.3, 0.4) is 0 Å². The van der Waals surface area contributed by atoms with Crippen molar-refractivity contribution in [2.45, 2.75) is 0 Å². The predicted molar refractivity (Wildman–Crippen MR) is 80.6 cm³/mol. The van der Waals surface area contributed by atoms with Gasteiger partial charge in [-0.05, 0) is 23.8 Å². The molecule has 112 valence electrons. The molecule has 0 fully saturated rings. The van der Waals surface area contributed by atoms with Gasteiger partial charge in [-0.15, -0.1) is 0 Å². The van der Waals surface area contributed by atoms with E-state index in [1.165, 1.54) is 11.0 Å². The second-order valence-electron chi connectivity index (χ2n) is 4.54. The zero-order valence-corrected chi connectivity index (χ0v) is 12.3. The minimum atomic E-state index is -0.347. The average molecular weight is 289 g/mol. The molecule has 1 aromatic carbocycles. The third-order valence-electron chi connectivity index (χ3n) is 2.74. The summed E-state index contributed by atoms with van der Waals surface area (Å²) < 4.78 is 0. The van der Waals surface area contributed by atoms with Crippen LogP contribution in [0.5, 0.6) is 0 Å². The lowest BCUT2D eigenvalue weighted by molar-refractivity contribution is -0.129. The van der Waals surface area contributed by atoms with E-state index in [4.69, 9.17) is 0 Å². The molecule has 3 amide bonds. The van der Waals surface area contributed by atoms with E-state index < -0.39 is 0 Å². The summed E-state index contributed by atoms with van der Waals surface area (Å²) >= 11 is 0. The summed E-state index contributed by atoms with van der Waals surface area (Å²) in [6.45, 7) is -0.0359. The molecule has 0 bridgehead atoms. The Morgan fingerprint density at radius 3 is 2.29 bits per heavy atom. The standard InChI is InChI=1S/C15H19N3O3/c1-16-15(21)12-7-4-11(5-8-12)6-9-13(19)17-10-14(20)18(2)3/h4-9H,10H2,1-3H3,(H,16,21)(H,17,19)/b9-6+. The molecule has 0 saturated heterocycles. The van der Waals surface area contributed by atoms with Crippen molar-refractivity contribution in [2.75, 3.05) is 27.7 Å². The highest BCUT2D eigenvalue weighted by molar-refractivity contribution is 5.95. The van der Waals surface area contributed by atoms with Gasteiger partial charge in [-0.25, -0.2) is 0 Å². The molecule has 0 aliphatic rings. The van der Waals surface area contributed by atoms with E-state index in [0.29, 0.717) is 5.56 Å². The van der Waals surface area contributed by atoms with Crippen LogP contribution in [-0.2, 0) is 9.59 Å². The number of nitrogens with zero attached hydrogens (tertiary/aromatic N) is 1. The van der Waals surface area contributed by atoms with Crippen LogP contribution in [0.15, 0.2) is 30.3 Å². The van der Waals surface area contributed by atoms with Gasteiger partial charge in [-0.2, -0.15) is 0 Å². The molecule has 0 unspecified atom stereocenters. The Balaban J connectivity index is 2.54. The third kappa shape index (κ3) is 5.48. The molecule has 2 N–H and O–H groups in total. The van der Waals surface area contributed by atoms with E-state index in [1.807, 2.05) is 0 Å². The zero-order chi connectivity index (χ0) is 15.8. The van der Waals surface area contributed by atoms with E-state index in [-0.39, 0.29) is 24.3 Å². The summed E-state index contributed by atoms with van der Waals surface area (Å²) in [6, 6.07) is 6.82. The Morgan fingerprint density at radius 2 is 1.76 bits per heavy atom. The molecule has 0 heterocycles. The van der Waals surface area contributed by atoms with Crippen LogP contribution < -0.4 is 10.6 Å². The van der Waals surface area contributed by atoms with Gasteiger partial charge >= 0.3 is 0 Å². The van der Waals surface area contributed by atoms with E-state index in [9.17, 15) is 14.4 Å². The zero-order valence-electron chi connectivity index (χ0n) is 12.3. The van der Waals surface area contributed by atoms with E-state index in [0.717, 1.165) is 5.56 Å². The molecule has 0 aliphatic heterocycles. The minimum absolute atomic E-state index is 0.0359. The Bertz CT molecular complexity index is 548. The first-order valence-electron chi connectivity index (χ1n) is 6.42.